The summed E-state index contributed by atoms with van der Waals surface area (Å²) < 4.78 is 0. The first-order valence-electron chi connectivity index (χ1n) is 5.48. The Bertz CT molecular complexity index is 418. The molecule has 1 atom stereocenters. The number of benzene rings is 1. The fraction of sp³-hybridized carbons (Fsp3) is 0.333. The van der Waals surface area contributed by atoms with Gasteiger partial charge in [0, 0.05) is 23.7 Å². The van der Waals surface area contributed by atoms with Crippen molar-refractivity contribution < 1.29 is 9.59 Å². The van der Waals surface area contributed by atoms with Crippen LogP contribution in [-0.2, 0) is 4.79 Å². The normalized spacial score (nSPS) is 11.9. The number of anilines is 1. The number of primary amides is 1. The van der Waals surface area contributed by atoms with E-state index >= 15 is 0 Å². The van der Waals surface area contributed by atoms with Crippen molar-refractivity contribution in [1.82, 2.24) is 0 Å². The molecule has 5 N–H and O–H groups in total. The zero-order chi connectivity index (χ0) is 12.8. The predicted molar refractivity (Wildman–Crippen MR) is 66.5 cm³/mol. The van der Waals surface area contributed by atoms with Gasteiger partial charge in [-0.1, -0.05) is 13.0 Å². The summed E-state index contributed by atoms with van der Waals surface area (Å²) in [6.07, 6.45) is 1.01. The molecule has 0 aliphatic rings. The molecular formula is C12H17N3O2. The zero-order valence-corrected chi connectivity index (χ0v) is 9.77. The van der Waals surface area contributed by atoms with Crippen molar-refractivity contribution in [2.75, 3.05) is 5.32 Å². The number of amides is 2. The lowest BCUT2D eigenvalue weighted by molar-refractivity contribution is -0.116. The van der Waals surface area contributed by atoms with Crippen molar-refractivity contribution in [3.63, 3.8) is 0 Å². The van der Waals surface area contributed by atoms with Crippen LogP contribution < -0.4 is 16.8 Å². The smallest absolute Gasteiger partial charge is 0.248 e. The van der Waals surface area contributed by atoms with E-state index in [1.165, 1.54) is 6.07 Å². The highest BCUT2D eigenvalue weighted by molar-refractivity contribution is 5.96. The van der Waals surface area contributed by atoms with Crippen LogP contribution in [0.1, 0.15) is 30.1 Å². The number of hydrogen-bond acceptors (Lipinski definition) is 3. The topological polar surface area (TPSA) is 98.2 Å². The molecule has 92 valence electrons. The van der Waals surface area contributed by atoms with Gasteiger partial charge >= 0.3 is 0 Å². The molecule has 0 heterocycles. The van der Waals surface area contributed by atoms with E-state index in [0.717, 1.165) is 6.42 Å². The lowest BCUT2D eigenvalue weighted by Gasteiger charge is -2.09. The molecule has 0 aliphatic carbocycles. The van der Waals surface area contributed by atoms with E-state index < -0.39 is 5.91 Å². The van der Waals surface area contributed by atoms with Crippen LogP contribution in [0.25, 0.3) is 0 Å². The second-order valence-corrected chi connectivity index (χ2v) is 3.87. The van der Waals surface area contributed by atoms with E-state index in [0.29, 0.717) is 11.3 Å². The van der Waals surface area contributed by atoms with Gasteiger partial charge in [0.2, 0.25) is 11.8 Å². The second kappa shape index (κ2) is 6.00. The summed E-state index contributed by atoms with van der Waals surface area (Å²) >= 11 is 0. The van der Waals surface area contributed by atoms with Gasteiger partial charge < -0.3 is 16.8 Å². The van der Waals surface area contributed by atoms with Crippen molar-refractivity contribution in [3.05, 3.63) is 29.8 Å². The van der Waals surface area contributed by atoms with Crippen molar-refractivity contribution in [1.29, 1.82) is 0 Å². The Morgan fingerprint density at radius 1 is 1.41 bits per heavy atom. The maximum absolute atomic E-state index is 11.6. The average molecular weight is 235 g/mol. The molecule has 5 nitrogen and oxygen atoms in total. The highest BCUT2D eigenvalue weighted by Crippen LogP contribution is 2.10. The summed E-state index contributed by atoms with van der Waals surface area (Å²) in [5, 5.41) is 2.68. The summed E-state index contributed by atoms with van der Waals surface area (Å²) in [7, 11) is 0. The third-order valence-electron chi connectivity index (χ3n) is 2.40. The monoisotopic (exact) mass is 235 g/mol. The van der Waals surface area contributed by atoms with Crippen LogP contribution in [0.5, 0.6) is 0 Å². The fourth-order valence-corrected chi connectivity index (χ4v) is 1.34. The lowest BCUT2D eigenvalue weighted by Crippen LogP contribution is -2.26. The molecule has 1 aromatic carbocycles. The van der Waals surface area contributed by atoms with E-state index in [1.54, 1.807) is 18.2 Å². The highest BCUT2D eigenvalue weighted by atomic mass is 16.2. The summed E-state index contributed by atoms with van der Waals surface area (Å²) in [6, 6.07) is 6.35. The predicted octanol–water partition coefficient (Wildman–Crippen LogP) is 0.851. The maximum atomic E-state index is 11.6. The summed E-state index contributed by atoms with van der Waals surface area (Å²) in [5.41, 5.74) is 11.7. The number of nitrogens with two attached hydrogens (primary N) is 2. The van der Waals surface area contributed by atoms with E-state index in [-0.39, 0.29) is 18.4 Å². The van der Waals surface area contributed by atoms with Crippen molar-refractivity contribution in [2.45, 2.75) is 25.8 Å². The number of carbonyl (C=O) groups is 2. The molecule has 0 spiro atoms. The first-order chi connectivity index (χ1) is 8.02. The molecule has 1 rings (SSSR count). The van der Waals surface area contributed by atoms with Gasteiger partial charge in [-0.15, -0.1) is 0 Å². The van der Waals surface area contributed by atoms with Crippen LogP contribution >= 0.6 is 0 Å². The molecular weight excluding hydrogens is 218 g/mol. The van der Waals surface area contributed by atoms with Crippen molar-refractivity contribution >= 4 is 17.5 Å². The van der Waals surface area contributed by atoms with Gasteiger partial charge in [0.25, 0.3) is 0 Å². The van der Waals surface area contributed by atoms with Crippen LogP contribution in [0.3, 0.4) is 0 Å². The maximum Gasteiger partial charge on any atom is 0.248 e. The van der Waals surface area contributed by atoms with Gasteiger partial charge in [-0.3, -0.25) is 9.59 Å². The molecule has 0 saturated carbocycles. The molecule has 0 aliphatic heterocycles. The first-order valence-corrected chi connectivity index (χ1v) is 5.48. The van der Waals surface area contributed by atoms with E-state index in [1.807, 2.05) is 6.92 Å². The van der Waals surface area contributed by atoms with Crippen LogP contribution in [0.15, 0.2) is 24.3 Å². The Kier molecular flexibility index (Phi) is 4.66. The minimum atomic E-state index is -0.522. The van der Waals surface area contributed by atoms with Crippen LogP contribution in [-0.4, -0.2) is 17.9 Å². The summed E-state index contributed by atoms with van der Waals surface area (Å²) in [4.78, 5) is 22.5. The van der Waals surface area contributed by atoms with Gasteiger partial charge in [0.05, 0.1) is 0 Å². The Labute approximate surface area is 100 Å². The van der Waals surface area contributed by atoms with Gasteiger partial charge in [-0.2, -0.15) is 0 Å². The van der Waals surface area contributed by atoms with Crippen LogP contribution in [0, 0.1) is 0 Å². The largest absolute Gasteiger partial charge is 0.366 e. The van der Waals surface area contributed by atoms with Gasteiger partial charge in [0.1, 0.15) is 0 Å². The van der Waals surface area contributed by atoms with Crippen molar-refractivity contribution in [2.24, 2.45) is 11.5 Å². The molecule has 5 heteroatoms. The van der Waals surface area contributed by atoms with E-state index in [9.17, 15) is 9.59 Å². The number of carbonyl (C=O) groups excluding carboxylic acids is 2. The molecule has 0 bridgehead atoms. The molecule has 0 radical (unpaired) electrons. The molecule has 1 aromatic rings. The van der Waals surface area contributed by atoms with Gasteiger partial charge in [-0.25, -0.2) is 0 Å². The molecule has 2 amide bonds. The first kappa shape index (κ1) is 13.2. The summed E-state index contributed by atoms with van der Waals surface area (Å²) in [5.74, 6) is -0.688. The van der Waals surface area contributed by atoms with Crippen LogP contribution in [0.2, 0.25) is 0 Å². The molecule has 0 aromatic heterocycles. The minimum Gasteiger partial charge on any atom is -0.366 e. The van der Waals surface area contributed by atoms with Crippen molar-refractivity contribution in [3.8, 4) is 0 Å². The van der Waals surface area contributed by atoms with Gasteiger partial charge in [-0.05, 0) is 24.6 Å². The Hall–Kier alpha value is -1.88. The fourth-order valence-electron chi connectivity index (χ4n) is 1.34. The van der Waals surface area contributed by atoms with Crippen LogP contribution in [0.4, 0.5) is 5.69 Å². The standard InChI is InChI=1S/C12H17N3O2/c1-2-9(13)7-11(16)15-10-5-3-4-8(6-10)12(14)17/h3-6,9H,2,7,13H2,1H3,(H2,14,17)(H,15,16). The molecule has 0 saturated heterocycles. The third kappa shape index (κ3) is 4.24. The quantitative estimate of drug-likeness (QED) is 0.705. The lowest BCUT2D eigenvalue weighted by atomic mass is 10.1. The SMILES string of the molecule is CCC(N)CC(=O)Nc1cccc(C(N)=O)c1. The van der Waals surface area contributed by atoms with E-state index in [4.69, 9.17) is 11.5 Å². The number of rotatable bonds is 5. The Morgan fingerprint density at radius 3 is 2.71 bits per heavy atom. The zero-order valence-electron chi connectivity index (χ0n) is 9.77. The molecule has 1 unspecified atom stereocenters. The Balaban J connectivity index is 2.65. The third-order valence-corrected chi connectivity index (χ3v) is 2.40. The minimum absolute atomic E-state index is 0.144. The number of nitrogens with one attached hydrogen (secondary N) is 1. The average Bonchev–Trinajstić information content (AvgIpc) is 2.28. The van der Waals surface area contributed by atoms with E-state index in [2.05, 4.69) is 5.32 Å². The molecule has 0 fully saturated rings. The van der Waals surface area contributed by atoms with Gasteiger partial charge in [0.15, 0.2) is 0 Å². The Morgan fingerprint density at radius 2 is 2.12 bits per heavy atom. The second-order valence-electron chi connectivity index (χ2n) is 3.87. The molecule has 17 heavy (non-hydrogen) atoms. The number of hydrogen-bond donors (Lipinski definition) is 3. The summed E-state index contributed by atoms with van der Waals surface area (Å²) in [6.45, 7) is 1.92. The highest BCUT2D eigenvalue weighted by Gasteiger charge is 2.08.